The number of carbonyl (C=O) groups is 1. The van der Waals surface area contributed by atoms with Gasteiger partial charge in [0.25, 0.3) is 0 Å². The molecule has 1 N–H and O–H groups in total. The SMILES string of the molecule is CC(c1nnc(SCC(=O)O)n1C(C)(C)C)n1cncn1. The van der Waals surface area contributed by atoms with Crippen LogP contribution in [0, 0.1) is 0 Å². The molecule has 2 aromatic heterocycles. The van der Waals surface area contributed by atoms with Crippen LogP contribution in [0.15, 0.2) is 17.8 Å². The van der Waals surface area contributed by atoms with Gasteiger partial charge in [-0.1, -0.05) is 11.8 Å². The third-order valence-electron chi connectivity index (χ3n) is 2.86. The highest BCUT2D eigenvalue weighted by atomic mass is 32.2. The Labute approximate surface area is 126 Å². The summed E-state index contributed by atoms with van der Waals surface area (Å²) >= 11 is 1.16. The Bertz CT molecular complexity index is 616. The van der Waals surface area contributed by atoms with E-state index in [0.717, 1.165) is 17.6 Å². The highest BCUT2D eigenvalue weighted by Crippen LogP contribution is 2.29. The number of thioether (sulfide) groups is 1. The second kappa shape index (κ2) is 5.84. The minimum atomic E-state index is -0.880. The fourth-order valence-electron chi connectivity index (χ4n) is 1.94. The topological polar surface area (TPSA) is 98.7 Å². The first kappa shape index (κ1) is 15.5. The van der Waals surface area contributed by atoms with Crippen molar-refractivity contribution >= 4 is 17.7 Å². The number of rotatable bonds is 5. The number of hydrogen-bond donors (Lipinski definition) is 1. The molecule has 0 radical (unpaired) electrons. The molecule has 8 nitrogen and oxygen atoms in total. The summed E-state index contributed by atoms with van der Waals surface area (Å²) in [6, 6.07) is -0.140. The van der Waals surface area contributed by atoms with Crippen molar-refractivity contribution in [2.75, 3.05) is 5.75 Å². The molecular formula is C12H18N6O2S. The van der Waals surface area contributed by atoms with Crippen molar-refractivity contribution in [1.82, 2.24) is 29.5 Å². The van der Waals surface area contributed by atoms with E-state index in [0.29, 0.717) is 5.16 Å². The summed E-state index contributed by atoms with van der Waals surface area (Å²) < 4.78 is 3.64. The predicted octanol–water partition coefficient (Wildman–Crippen LogP) is 1.41. The summed E-state index contributed by atoms with van der Waals surface area (Å²) in [6.07, 6.45) is 3.09. The van der Waals surface area contributed by atoms with Crippen molar-refractivity contribution in [2.24, 2.45) is 0 Å². The first-order chi connectivity index (χ1) is 9.80. The van der Waals surface area contributed by atoms with Crippen LogP contribution in [0.3, 0.4) is 0 Å². The molecule has 1 atom stereocenters. The monoisotopic (exact) mass is 310 g/mol. The molecule has 0 aliphatic carbocycles. The molecule has 0 aromatic carbocycles. The maximum absolute atomic E-state index is 10.8. The van der Waals surface area contributed by atoms with Crippen molar-refractivity contribution in [2.45, 2.75) is 44.4 Å². The van der Waals surface area contributed by atoms with Crippen LogP contribution < -0.4 is 0 Å². The van der Waals surface area contributed by atoms with Crippen LogP contribution in [0.1, 0.15) is 39.6 Å². The van der Waals surface area contributed by atoms with E-state index in [4.69, 9.17) is 5.11 Å². The van der Waals surface area contributed by atoms with E-state index >= 15 is 0 Å². The second-order valence-electron chi connectivity index (χ2n) is 5.58. The molecule has 0 spiro atoms. The molecule has 0 bridgehead atoms. The Morgan fingerprint density at radius 3 is 2.67 bits per heavy atom. The van der Waals surface area contributed by atoms with Gasteiger partial charge < -0.3 is 5.11 Å². The smallest absolute Gasteiger partial charge is 0.313 e. The van der Waals surface area contributed by atoms with E-state index in [2.05, 4.69) is 20.3 Å². The van der Waals surface area contributed by atoms with Crippen molar-refractivity contribution < 1.29 is 9.90 Å². The summed E-state index contributed by atoms with van der Waals surface area (Å²) in [4.78, 5) is 14.7. The molecule has 1 unspecified atom stereocenters. The Morgan fingerprint density at radius 2 is 2.14 bits per heavy atom. The van der Waals surface area contributed by atoms with Gasteiger partial charge in [-0.25, -0.2) is 9.67 Å². The van der Waals surface area contributed by atoms with Crippen molar-refractivity contribution in [3.05, 3.63) is 18.5 Å². The van der Waals surface area contributed by atoms with E-state index in [9.17, 15) is 4.79 Å². The van der Waals surface area contributed by atoms with Crippen LogP contribution >= 0.6 is 11.8 Å². The summed E-state index contributed by atoms with van der Waals surface area (Å²) in [6.45, 7) is 8.03. The van der Waals surface area contributed by atoms with Crippen LogP contribution in [0.2, 0.25) is 0 Å². The number of aliphatic carboxylic acids is 1. The fraction of sp³-hybridized carbons (Fsp3) is 0.583. The maximum atomic E-state index is 10.8. The number of nitrogens with zero attached hydrogens (tertiary/aromatic N) is 6. The van der Waals surface area contributed by atoms with Gasteiger partial charge in [0.15, 0.2) is 11.0 Å². The lowest BCUT2D eigenvalue weighted by molar-refractivity contribution is -0.133. The van der Waals surface area contributed by atoms with Gasteiger partial charge in [0.1, 0.15) is 18.7 Å². The van der Waals surface area contributed by atoms with Gasteiger partial charge in [-0.3, -0.25) is 9.36 Å². The summed E-state index contributed by atoms with van der Waals surface area (Å²) in [5, 5.41) is 21.9. The standard InChI is InChI=1S/C12H18N6O2S/c1-8(17-7-13-6-14-17)10-15-16-11(21-5-9(19)20)18(10)12(2,3)4/h6-8H,5H2,1-4H3,(H,19,20). The van der Waals surface area contributed by atoms with Gasteiger partial charge >= 0.3 is 5.97 Å². The quantitative estimate of drug-likeness (QED) is 0.833. The molecule has 0 fully saturated rings. The van der Waals surface area contributed by atoms with E-state index in [1.165, 1.54) is 6.33 Å². The lowest BCUT2D eigenvalue weighted by atomic mass is 10.1. The minimum Gasteiger partial charge on any atom is -0.481 e. The average Bonchev–Trinajstić information content (AvgIpc) is 3.03. The highest BCUT2D eigenvalue weighted by molar-refractivity contribution is 7.99. The van der Waals surface area contributed by atoms with Crippen LogP contribution in [0.5, 0.6) is 0 Å². The van der Waals surface area contributed by atoms with Gasteiger partial charge in [-0.2, -0.15) is 5.10 Å². The minimum absolute atomic E-state index is 0.0497. The molecular weight excluding hydrogens is 292 g/mol. The molecule has 0 amide bonds. The van der Waals surface area contributed by atoms with Crippen molar-refractivity contribution in [3.8, 4) is 0 Å². The number of hydrogen-bond acceptors (Lipinski definition) is 6. The van der Waals surface area contributed by atoms with Gasteiger partial charge in [0.2, 0.25) is 0 Å². The molecule has 0 saturated heterocycles. The zero-order chi connectivity index (χ0) is 15.6. The zero-order valence-corrected chi connectivity index (χ0v) is 13.2. The lowest BCUT2D eigenvalue weighted by Crippen LogP contribution is -2.27. The second-order valence-corrected chi connectivity index (χ2v) is 6.52. The number of carboxylic acid groups (broad SMARTS) is 1. The van der Waals surface area contributed by atoms with Gasteiger partial charge in [0, 0.05) is 5.54 Å². The maximum Gasteiger partial charge on any atom is 0.313 e. The van der Waals surface area contributed by atoms with Crippen LogP contribution in [0.25, 0.3) is 0 Å². The first-order valence-electron chi connectivity index (χ1n) is 6.45. The Kier molecular flexibility index (Phi) is 4.31. The third-order valence-corrected chi connectivity index (χ3v) is 3.77. The normalized spacial score (nSPS) is 13.3. The highest BCUT2D eigenvalue weighted by Gasteiger charge is 2.27. The van der Waals surface area contributed by atoms with Crippen LogP contribution in [-0.2, 0) is 10.3 Å². The number of carboxylic acids is 1. The average molecular weight is 310 g/mol. The molecule has 0 saturated carbocycles. The van der Waals surface area contributed by atoms with Crippen LogP contribution in [0.4, 0.5) is 0 Å². The molecule has 2 heterocycles. The molecule has 0 aliphatic heterocycles. The van der Waals surface area contributed by atoms with Crippen molar-refractivity contribution in [3.63, 3.8) is 0 Å². The predicted molar refractivity (Wildman–Crippen MR) is 77.2 cm³/mol. The molecule has 9 heteroatoms. The fourth-order valence-corrected chi connectivity index (χ4v) is 2.79. The molecule has 114 valence electrons. The Morgan fingerprint density at radius 1 is 1.43 bits per heavy atom. The van der Waals surface area contributed by atoms with Gasteiger partial charge in [-0.15, -0.1) is 10.2 Å². The molecule has 0 aliphatic rings. The van der Waals surface area contributed by atoms with Crippen LogP contribution in [-0.4, -0.2) is 46.4 Å². The lowest BCUT2D eigenvalue weighted by Gasteiger charge is -2.26. The Hall–Kier alpha value is -1.90. The number of aromatic nitrogens is 6. The largest absolute Gasteiger partial charge is 0.481 e. The van der Waals surface area contributed by atoms with Gasteiger partial charge in [0.05, 0.1) is 5.75 Å². The third kappa shape index (κ3) is 3.41. The van der Waals surface area contributed by atoms with E-state index < -0.39 is 5.97 Å². The summed E-state index contributed by atoms with van der Waals surface area (Å²) in [5.74, 6) is -0.207. The summed E-state index contributed by atoms with van der Waals surface area (Å²) in [7, 11) is 0. The molecule has 2 aromatic rings. The van der Waals surface area contributed by atoms with Gasteiger partial charge in [-0.05, 0) is 27.7 Å². The van der Waals surface area contributed by atoms with E-state index in [1.54, 1.807) is 11.0 Å². The molecule has 2 rings (SSSR count). The van der Waals surface area contributed by atoms with E-state index in [-0.39, 0.29) is 17.3 Å². The Balaban J connectivity index is 2.40. The first-order valence-corrected chi connectivity index (χ1v) is 7.43. The molecule has 21 heavy (non-hydrogen) atoms. The van der Waals surface area contributed by atoms with Crippen molar-refractivity contribution in [1.29, 1.82) is 0 Å². The zero-order valence-electron chi connectivity index (χ0n) is 12.4. The summed E-state index contributed by atoms with van der Waals surface area (Å²) in [5.41, 5.74) is -0.269. The van der Waals surface area contributed by atoms with E-state index in [1.807, 2.05) is 32.3 Å².